The van der Waals surface area contributed by atoms with Gasteiger partial charge in [0.1, 0.15) is 17.8 Å². The summed E-state index contributed by atoms with van der Waals surface area (Å²) in [5, 5.41) is 5.74. The molecule has 7 heteroatoms. The average molecular weight is 563 g/mol. The molecule has 0 radical (unpaired) electrons. The summed E-state index contributed by atoms with van der Waals surface area (Å²) in [6.07, 6.45) is 0.769. The molecule has 2 heterocycles. The van der Waals surface area contributed by atoms with Crippen LogP contribution in [0.25, 0.3) is 21.5 Å². The number of rotatable bonds is 5. The molecule has 6 atom stereocenters. The van der Waals surface area contributed by atoms with Crippen LogP contribution in [0.5, 0.6) is 0 Å². The lowest BCUT2D eigenvalue weighted by molar-refractivity contribution is -0.668. The molecule has 4 aliphatic rings. The van der Waals surface area contributed by atoms with Gasteiger partial charge in [0.05, 0.1) is 30.5 Å². The zero-order chi connectivity index (χ0) is 28.4. The van der Waals surface area contributed by atoms with Gasteiger partial charge in [-0.1, -0.05) is 78.9 Å². The van der Waals surface area contributed by atoms with Gasteiger partial charge in [-0.3, -0.25) is 9.59 Å². The maximum atomic E-state index is 14.1. The van der Waals surface area contributed by atoms with Crippen LogP contribution in [0.2, 0.25) is 0 Å². The van der Waals surface area contributed by atoms with Crippen LogP contribution in [0.3, 0.4) is 0 Å². The van der Waals surface area contributed by atoms with Gasteiger partial charge >= 0.3 is 17.9 Å². The first-order valence-electron chi connectivity index (χ1n) is 15.0. The summed E-state index contributed by atoms with van der Waals surface area (Å²) >= 11 is 0. The Labute approximate surface area is 243 Å². The fourth-order valence-electron chi connectivity index (χ4n) is 8.28. The largest absolute Gasteiger partial charge is 0.458 e. The Morgan fingerprint density at radius 3 is 2.17 bits per heavy atom. The van der Waals surface area contributed by atoms with Crippen molar-refractivity contribution in [2.24, 2.45) is 23.7 Å². The fraction of sp³-hybridized carbons (Fsp3) is 0.343. The Bertz CT molecular complexity index is 1670. The highest BCUT2D eigenvalue weighted by molar-refractivity contribution is 6.16. The molecule has 2 saturated carbocycles. The number of quaternary nitrogens is 1. The SMILES string of the molecule is O=C(OC1C2CC3C1OC(=O)C3C2C(=O)OC1(c2ccccc2)CC[NH2+]CC1)c1c2ccccc2cc2ccccc12. The second-order valence-corrected chi connectivity index (χ2v) is 12.2. The number of hydrogen-bond acceptors (Lipinski definition) is 6. The molecule has 0 amide bonds. The minimum atomic E-state index is -0.731. The predicted octanol–water partition coefficient (Wildman–Crippen LogP) is 4.12. The quantitative estimate of drug-likeness (QED) is 0.223. The van der Waals surface area contributed by atoms with Crippen molar-refractivity contribution < 1.29 is 33.9 Å². The first kappa shape index (κ1) is 25.5. The van der Waals surface area contributed by atoms with Crippen molar-refractivity contribution in [3.05, 3.63) is 96.1 Å². The molecule has 2 aliphatic carbocycles. The molecule has 4 aromatic rings. The third-order valence-corrected chi connectivity index (χ3v) is 10.1. The van der Waals surface area contributed by atoms with Crippen LogP contribution in [0.1, 0.15) is 35.2 Å². The van der Waals surface area contributed by atoms with E-state index in [0.29, 0.717) is 24.8 Å². The van der Waals surface area contributed by atoms with Crippen LogP contribution in [-0.2, 0) is 29.4 Å². The number of carbonyl (C=O) groups is 3. The zero-order valence-electron chi connectivity index (χ0n) is 23.1. The summed E-state index contributed by atoms with van der Waals surface area (Å²) < 4.78 is 18.5. The van der Waals surface area contributed by atoms with Crippen LogP contribution in [0.15, 0.2) is 84.9 Å². The fourth-order valence-corrected chi connectivity index (χ4v) is 8.28. The highest BCUT2D eigenvalue weighted by Gasteiger charge is 2.70. The highest BCUT2D eigenvalue weighted by Crippen LogP contribution is 2.59. The Kier molecular flexibility index (Phi) is 5.86. The standard InChI is InChI=1S/C35H31NO6/c37-32(27-23-12-6-4-8-20(23)18-21-9-5-7-13-24(21)27)40-31-26-19-25-28(33(38)41-30(25)31)29(26)34(39)42-35(14-16-36-17-15-35)22-10-2-1-3-11-22/h1-13,18,25-26,28-31,36H,14-17,19H2/p+1. The maximum Gasteiger partial charge on any atom is 0.339 e. The molecular formula is C35H32NO6+. The van der Waals surface area contributed by atoms with Gasteiger partial charge in [-0.15, -0.1) is 0 Å². The number of ether oxygens (including phenoxy) is 3. The molecule has 6 unspecified atom stereocenters. The number of carbonyl (C=O) groups excluding carboxylic acids is 3. The number of fused-ring (bicyclic) bond motifs is 3. The van der Waals surface area contributed by atoms with E-state index in [2.05, 4.69) is 11.4 Å². The lowest BCUT2D eigenvalue weighted by Crippen LogP contribution is -2.87. The molecule has 7 nitrogen and oxygen atoms in total. The summed E-state index contributed by atoms with van der Waals surface area (Å²) in [5.74, 6) is -2.97. The van der Waals surface area contributed by atoms with Crippen LogP contribution in [-0.4, -0.2) is 43.2 Å². The van der Waals surface area contributed by atoms with Crippen LogP contribution < -0.4 is 5.32 Å². The van der Waals surface area contributed by atoms with Crippen molar-refractivity contribution >= 4 is 39.5 Å². The number of benzene rings is 4. The van der Waals surface area contributed by atoms with E-state index < -0.39 is 35.6 Å². The van der Waals surface area contributed by atoms with Crippen molar-refractivity contribution in [2.45, 2.75) is 37.1 Å². The van der Waals surface area contributed by atoms with Gasteiger partial charge in [0, 0.05) is 24.7 Å². The van der Waals surface area contributed by atoms with E-state index in [1.165, 1.54) is 0 Å². The summed E-state index contributed by atoms with van der Waals surface area (Å²) in [6, 6.07) is 27.5. The Morgan fingerprint density at radius 1 is 0.833 bits per heavy atom. The molecule has 0 spiro atoms. The molecule has 0 aromatic heterocycles. The second-order valence-electron chi connectivity index (χ2n) is 12.2. The van der Waals surface area contributed by atoms with Crippen LogP contribution >= 0.6 is 0 Å². The van der Waals surface area contributed by atoms with Gasteiger partial charge in [0.25, 0.3) is 0 Å². The summed E-state index contributed by atoms with van der Waals surface area (Å²) in [7, 11) is 0. The lowest BCUT2D eigenvalue weighted by Gasteiger charge is -2.38. The van der Waals surface area contributed by atoms with Crippen molar-refractivity contribution in [3.8, 4) is 0 Å². The van der Waals surface area contributed by atoms with E-state index >= 15 is 0 Å². The number of piperidine rings is 1. The number of nitrogens with two attached hydrogens (primary N) is 1. The van der Waals surface area contributed by atoms with Crippen LogP contribution in [0, 0.1) is 23.7 Å². The molecule has 2 N–H and O–H groups in total. The third kappa shape index (κ3) is 3.79. The Hall–Kier alpha value is -4.23. The van der Waals surface area contributed by atoms with Gasteiger partial charge in [-0.05, 0) is 39.6 Å². The average Bonchev–Trinajstić information content (AvgIpc) is 3.65. The summed E-state index contributed by atoms with van der Waals surface area (Å²) in [6.45, 7) is 1.71. The smallest absolute Gasteiger partial charge is 0.339 e. The van der Waals surface area contributed by atoms with E-state index in [1.54, 1.807) is 0 Å². The van der Waals surface area contributed by atoms with E-state index in [0.717, 1.165) is 40.2 Å². The first-order chi connectivity index (χ1) is 20.5. The number of hydrogen-bond donors (Lipinski definition) is 1. The van der Waals surface area contributed by atoms with Gasteiger partial charge in [0.15, 0.2) is 0 Å². The van der Waals surface area contributed by atoms with Gasteiger partial charge < -0.3 is 19.5 Å². The molecule has 2 bridgehead atoms. The van der Waals surface area contributed by atoms with Gasteiger partial charge in [0.2, 0.25) is 0 Å². The lowest BCUT2D eigenvalue weighted by atomic mass is 9.78. The van der Waals surface area contributed by atoms with Gasteiger partial charge in [-0.2, -0.15) is 0 Å². The zero-order valence-corrected chi connectivity index (χ0v) is 23.1. The Morgan fingerprint density at radius 2 is 1.48 bits per heavy atom. The number of esters is 3. The monoisotopic (exact) mass is 562 g/mol. The van der Waals surface area contributed by atoms with Crippen molar-refractivity contribution in [3.63, 3.8) is 0 Å². The molecule has 4 fully saturated rings. The van der Waals surface area contributed by atoms with E-state index in [4.69, 9.17) is 14.2 Å². The maximum absolute atomic E-state index is 14.1. The Balaban J connectivity index is 1.12. The van der Waals surface area contributed by atoms with Gasteiger partial charge in [-0.25, -0.2) is 4.79 Å². The topological polar surface area (TPSA) is 95.5 Å². The van der Waals surface area contributed by atoms with Crippen molar-refractivity contribution in [1.82, 2.24) is 0 Å². The van der Waals surface area contributed by atoms with Crippen molar-refractivity contribution in [1.29, 1.82) is 0 Å². The van der Waals surface area contributed by atoms with E-state index in [9.17, 15) is 14.4 Å². The molecule has 8 rings (SSSR count). The molecule has 212 valence electrons. The minimum Gasteiger partial charge on any atom is -0.458 e. The van der Waals surface area contributed by atoms with E-state index in [-0.39, 0.29) is 23.8 Å². The summed E-state index contributed by atoms with van der Waals surface area (Å²) in [4.78, 5) is 41.2. The van der Waals surface area contributed by atoms with E-state index in [1.807, 2.05) is 78.9 Å². The molecule has 2 saturated heterocycles. The highest BCUT2D eigenvalue weighted by atomic mass is 16.6. The van der Waals surface area contributed by atoms with Crippen molar-refractivity contribution in [2.75, 3.05) is 13.1 Å². The van der Waals surface area contributed by atoms with Crippen LogP contribution in [0.4, 0.5) is 0 Å². The normalized spacial score (nSPS) is 29.0. The predicted molar refractivity (Wildman–Crippen MR) is 154 cm³/mol. The molecule has 42 heavy (non-hydrogen) atoms. The molecular weight excluding hydrogens is 530 g/mol. The molecule has 2 aliphatic heterocycles. The minimum absolute atomic E-state index is 0.158. The second kappa shape index (κ2) is 9.66. The molecule has 4 aromatic carbocycles. The third-order valence-electron chi connectivity index (χ3n) is 10.1. The first-order valence-corrected chi connectivity index (χ1v) is 15.0. The summed E-state index contributed by atoms with van der Waals surface area (Å²) in [5.41, 5.74) is 0.741.